The molecule has 21 heavy (non-hydrogen) atoms. The van der Waals surface area contributed by atoms with Crippen LogP contribution in [-0.4, -0.2) is 12.5 Å². The Bertz CT molecular complexity index is 595. The number of carbonyl (C=O) groups is 1. The van der Waals surface area contributed by atoms with E-state index in [4.69, 9.17) is 4.74 Å². The van der Waals surface area contributed by atoms with Crippen LogP contribution in [0.2, 0.25) is 0 Å². The van der Waals surface area contributed by atoms with Crippen LogP contribution in [0.4, 0.5) is 11.4 Å². The van der Waals surface area contributed by atoms with E-state index < -0.39 is 0 Å². The van der Waals surface area contributed by atoms with Crippen LogP contribution < -0.4 is 10.6 Å². The molecule has 1 aromatic heterocycles. The zero-order chi connectivity index (χ0) is 15.1. The quantitative estimate of drug-likeness (QED) is 0.817. The molecule has 0 bridgehead atoms. The van der Waals surface area contributed by atoms with E-state index in [1.54, 1.807) is 11.3 Å². The van der Waals surface area contributed by atoms with E-state index in [0.29, 0.717) is 19.8 Å². The van der Waals surface area contributed by atoms with E-state index >= 15 is 0 Å². The van der Waals surface area contributed by atoms with Crippen LogP contribution in [0.5, 0.6) is 0 Å². The highest BCUT2D eigenvalue weighted by Crippen LogP contribution is 2.24. The van der Waals surface area contributed by atoms with Crippen LogP contribution in [-0.2, 0) is 22.7 Å². The van der Waals surface area contributed by atoms with Gasteiger partial charge in [-0.3, -0.25) is 4.79 Å². The van der Waals surface area contributed by atoms with Gasteiger partial charge in [0.2, 0.25) is 5.91 Å². The normalized spacial score (nSPS) is 10.4. The molecule has 1 aromatic carbocycles. The lowest BCUT2D eigenvalue weighted by Gasteiger charge is -2.12. The smallest absolute Gasteiger partial charge is 0.221 e. The SMILES string of the molecule is CCOCc1ccccc1NCc1sccc1NC(C)=O. The van der Waals surface area contributed by atoms with Crippen LogP contribution in [0.15, 0.2) is 35.7 Å². The maximum absolute atomic E-state index is 11.2. The van der Waals surface area contributed by atoms with Gasteiger partial charge in [0.15, 0.2) is 0 Å². The first kappa shape index (κ1) is 15.5. The summed E-state index contributed by atoms with van der Waals surface area (Å²) in [6.45, 7) is 5.48. The van der Waals surface area contributed by atoms with Crippen molar-refractivity contribution in [2.45, 2.75) is 27.0 Å². The molecule has 2 rings (SSSR count). The van der Waals surface area contributed by atoms with Crippen LogP contribution in [0.1, 0.15) is 24.3 Å². The van der Waals surface area contributed by atoms with Crippen LogP contribution in [0, 0.1) is 0 Å². The van der Waals surface area contributed by atoms with Gasteiger partial charge in [-0.05, 0) is 24.4 Å². The number of hydrogen-bond acceptors (Lipinski definition) is 4. The van der Waals surface area contributed by atoms with Crippen molar-refractivity contribution in [2.75, 3.05) is 17.2 Å². The zero-order valence-electron chi connectivity index (χ0n) is 12.3. The van der Waals surface area contributed by atoms with Crippen molar-refractivity contribution in [2.24, 2.45) is 0 Å². The Morgan fingerprint density at radius 1 is 1.24 bits per heavy atom. The molecular weight excluding hydrogens is 284 g/mol. The van der Waals surface area contributed by atoms with Crippen molar-refractivity contribution in [3.63, 3.8) is 0 Å². The fourth-order valence-electron chi connectivity index (χ4n) is 1.98. The standard InChI is InChI=1S/C16H20N2O2S/c1-3-20-11-13-6-4-5-7-14(13)17-10-16-15(8-9-21-16)18-12(2)19/h4-9,17H,3,10-11H2,1-2H3,(H,18,19). The molecule has 0 saturated heterocycles. The van der Waals surface area contributed by atoms with Crippen molar-refractivity contribution < 1.29 is 9.53 Å². The zero-order valence-corrected chi connectivity index (χ0v) is 13.1. The van der Waals surface area contributed by atoms with Gasteiger partial charge in [-0.1, -0.05) is 18.2 Å². The van der Waals surface area contributed by atoms with Crippen molar-refractivity contribution in [3.8, 4) is 0 Å². The number of rotatable bonds is 7. The van der Waals surface area contributed by atoms with Crippen LogP contribution in [0.25, 0.3) is 0 Å². The molecule has 0 aliphatic rings. The van der Waals surface area contributed by atoms with Crippen molar-refractivity contribution >= 4 is 28.6 Å². The molecule has 0 fully saturated rings. The summed E-state index contributed by atoms with van der Waals surface area (Å²) in [6, 6.07) is 10.0. The Kier molecular flexibility index (Phi) is 5.78. The minimum absolute atomic E-state index is 0.0496. The maximum atomic E-state index is 11.2. The van der Waals surface area contributed by atoms with Gasteiger partial charge >= 0.3 is 0 Å². The lowest BCUT2D eigenvalue weighted by molar-refractivity contribution is -0.114. The maximum Gasteiger partial charge on any atom is 0.221 e. The van der Waals surface area contributed by atoms with Crippen LogP contribution >= 0.6 is 11.3 Å². The molecule has 0 spiro atoms. The van der Waals surface area contributed by atoms with Gasteiger partial charge in [0, 0.05) is 29.7 Å². The second-order valence-electron chi connectivity index (χ2n) is 4.59. The third kappa shape index (κ3) is 4.58. The van der Waals surface area contributed by atoms with E-state index in [-0.39, 0.29) is 5.91 Å². The lowest BCUT2D eigenvalue weighted by Crippen LogP contribution is -2.08. The average Bonchev–Trinajstić information content (AvgIpc) is 2.90. The molecule has 0 atom stereocenters. The molecule has 0 unspecified atom stereocenters. The summed E-state index contributed by atoms with van der Waals surface area (Å²) in [5.74, 6) is -0.0496. The number of para-hydroxylation sites is 1. The fourth-order valence-corrected chi connectivity index (χ4v) is 2.75. The second-order valence-corrected chi connectivity index (χ2v) is 5.59. The van der Waals surface area contributed by atoms with Crippen molar-refractivity contribution in [3.05, 3.63) is 46.2 Å². The monoisotopic (exact) mass is 304 g/mol. The highest BCUT2D eigenvalue weighted by atomic mass is 32.1. The molecule has 0 aliphatic carbocycles. The molecule has 1 heterocycles. The first-order valence-corrected chi connectivity index (χ1v) is 7.82. The number of hydrogen-bond donors (Lipinski definition) is 2. The number of thiophene rings is 1. The molecule has 0 aliphatic heterocycles. The number of amides is 1. The number of ether oxygens (including phenoxy) is 1. The number of anilines is 2. The van der Waals surface area contributed by atoms with E-state index in [2.05, 4.69) is 16.7 Å². The molecule has 2 N–H and O–H groups in total. The minimum atomic E-state index is -0.0496. The van der Waals surface area contributed by atoms with Crippen molar-refractivity contribution in [1.82, 2.24) is 0 Å². The molecular formula is C16H20N2O2S. The summed E-state index contributed by atoms with van der Waals surface area (Å²) in [5, 5.41) is 8.24. The van der Waals surface area contributed by atoms with Gasteiger partial charge < -0.3 is 15.4 Å². The predicted molar refractivity (Wildman–Crippen MR) is 87.7 cm³/mol. The van der Waals surface area contributed by atoms with E-state index in [1.807, 2.05) is 36.6 Å². The summed E-state index contributed by atoms with van der Waals surface area (Å²) in [6.07, 6.45) is 0. The number of carbonyl (C=O) groups excluding carboxylic acids is 1. The first-order chi connectivity index (χ1) is 10.2. The highest BCUT2D eigenvalue weighted by molar-refractivity contribution is 7.10. The lowest BCUT2D eigenvalue weighted by atomic mass is 10.2. The van der Waals surface area contributed by atoms with Gasteiger partial charge in [0.1, 0.15) is 0 Å². The Morgan fingerprint density at radius 2 is 2.05 bits per heavy atom. The Morgan fingerprint density at radius 3 is 2.81 bits per heavy atom. The Labute approximate surface area is 129 Å². The van der Waals surface area contributed by atoms with Gasteiger partial charge in [0.25, 0.3) is 0 Å². The molecule has 0 saturated carbocycles. The summed E-state index contributed by atoms with van der Waals surface area (Å²) in [7, 11) is 0. The molecule has 5 heteroatoms. The Hall–Kier alpha value is -1.85. The first-order valence-electron chi connectivity index (χ1n) is 6.94. The van der Waals surface area contributed by atoms with E-state index in [1.165, 1.54) is 6.92 Å². The summed E-state index contributed by atoms with van der Waals surface area (Å²) < 4.78 is 5.48. The van der Waals surface area contributed by atoms with E-state index in [9.17, 15) is 4.79 Å². The van der Waals surface area contributed by atoms with Gasteiger partial charge in [-0.25, -0.2) is 0 Å². The average molecular weight is 304 g/mol. The number of nitrogens with one attached hydrogen (secondary N) is 2. The van der Waals surface area contributed by atoms with Crippen LogP contribution in [0.3, 0.4) is 0 Å². The Balaban J connectivity index is 2.03. The second kappa shape index (κ2) is 7.81. The largest absolute Gasteiger partial charge is 0.380 e. The topological polar surface area (TPSA) is 50.4 Å². The van der Waals surface area contributed by atoms with Gasteiger partial charge in [0.05, 0.1) is 18.8 Å². The van der Waals surface area contributed by atoms with E-state index in [0.717, 1.165) is 21.8 Å². The molecule has 112 valence electrons. The summed E-state index contributed by atoms with van der Waals surface area (Å²) in [5.41, 5.74) is 3.08. The number of benzene rings is 1. The molecule has 0 radical (unpaired) electrons. The minimum Gasteiger partial charge on any atom is -0.380 e. The third-order valence-electron chi connectivity index (χ3n) is 2.97. The van der Waals surface area contributed by atoms with Gasteiger partial charge in [-0.15, -0.1) is 11.3 Å². The predicted octanol–water partition coefficient (Wildman–Crippen LogP) is 3.86. The summed E-state index contributed by atoms with van der Waals surface area (Å²) in [4.78, 5) is 12.3. The molecule has 2 aromatic rings. The van der Waals surface area contributed by atoms with Gasteiger partial charge in [-0.2, -0.15) is 0 Å². The highest BCUT2D eigenvalue weighted by Gasteiger charge is 2.07. The van der Waals surface area contributed by atoms with Crippen molar-refractivity contribution in [1.29, 1.82) is 0 Å². The summed E-state index contributed by atoms with van der Waals surface area (Å²) >= 11 is 1.63. The molecule has 1 amide bonds. The third-order valence-corrected chi connectivity index (χ3v) is 3.90. The fraction of sp³-hybridized carbons (Fsp3) is 0.312. The molecule has 4 nitrogen and oxygen atoms in total.